The maximum atomic E-state index is 10.3. The van der Waals surface area contributed by atoms with Gasteiger partial charge in [-0.2, -0.15) is 0 Å². The van der Waals surface area contributed by atoms with Crippen molar-refractivity contribution in [3.63, 3.8) is 0 Å². The van der Waals surface area contributed by atoms with E-state index in [0.29, 0.717) is 0 Å². The van der Waals surface area contributed by atoms with Gasteiger partial charge in [-0.1, -0.05) is 43.7 Å². The average molecular weight is 235 g/mol. The van der Waals surface area contributed by atoms with Crippen molar-refractivity contribution in [3.8, 4) is 0 Å². The molecule has 2 heteroatoms. The number of aryl methyl sites for hydroxylation is 1. The SMILES string of the molecule is CCC(O)(CC)CN(C)Cc1ccc(C)cc1. The number of hydrogen-bond acceptors (Lipinski definition) is 2. The molecular formula is C15H25NO. The Labute approximate surface area is 105 Å². The van der Waals surface area contributed by atoms with Crippen molar-refractivity contribution in [2.75, 3.05) is 13.6 Å². The van der Waals surface area contributed by atoms with Gasteiger partial charge in [0.15, 0.2) is 0 Å². The summed E-state index contributed by atoms with van der Waals surface area (Å²) in [5.74, 6) is 0. The van der Waals surface area contributed by atoms with Crippen LogP contribution < -0.4 is 0 Å². The second-order valence-corrected chi connectivity index (χ2v) is 5.09. The van der Waals surface area contributed by atoms with Crippen LogP contribution in [0.1, 0.15) is 37.8 Å². The summed E-state index contributed by atoms with van der Waals surface area (Å²) in [7, 11) is 2.07. The Morgan fingerprint density at radius 3 is 2.12 bits per heavy atom. The van der Waals surface area contributed by atoms with Gasteiger partial charge in [0.2, 0.25) is 0 Å². The molecule has 1 N–H and O–H groups in total. The molecular weight excluding hydrogens is 210 g/mol. The fourth-order valence-corrected chi connectivity index (χ4v) is 2.04. The van der Waals surface area contributed by atoms with E-state index in [-0.39, 0.29) is 0 Å². The van der Waals surface area contributed by atoms with Crippen molar-refractivity contribution in [2.45, 2.75) is 45.8 Å². The molecule has 0 bridgehead atoms. The fraction of sp³-hybridized carbons (Fsp3) is 0.600. The Morgan fingerprint density at radius 2 is 1.65 bits per heavy atom. The van der Waals surface area contributed by atoms with Crippen LogP contribution in [0.25, 0.3) is 0 Å². The Hall–Kier alpha value is -0.860. The van der Waals surface area contributed by atoms with Crippen molar-refractivity contribution in [1.82, 2.24) is 4.90 Å². The number of likely N-dealkylation sites (N-methyl/N-ethyl adjacent to an activating group) is 1. The van der Waals surface area contributed by atoms with Crippen LogP contribution in [0.15, 0.2) is 24.3 Å². The molecule has 0 aliphatic rings. The van der Waals surface area contributed by atoms with Crippen molar-refractivity contribution >= 4 is 0 Å². The molecule has 0 aliphatic carbocycles. The van der Waals surface area contributed by atoms with Gasteiger partial charge < -0.3 is 5.11 Å². The molecule has 1 rings (SSSR count). The molecule has 0 amide bonds. The molecule has 1 aromatic rings. The van der Waals surface area contributed by atoms with Crippen LogP contribution in [0.4, 0.5) is 0 Å². The molecule has 0 heterocycles. The van der Waals surface area contributed by atoms with Gasteiger partial charge in [0.25, 0.3) is 0 Å². The molecule has 0 unspecified atom stereocenters. The maximum Gasteiger partial charge on any atom is 0.0768 e. The molecule has 2 nitrogen and oxygen atoms in total. The lowest BCUT2D eigenvalue weighted by Gasteiger charge is -2.30. The van der Waals surface area contributed by atoms with E-state index in [1.807, 2.05) is 13.8 Å². The highest BCUT2D eigenvalue weighted by Crippen LogP contribution is 2.17. The van der Waals surface area contributed by atoms with E-state index >= 15 is 0 Å². The molecule has 0 radical (unpaired) electrons. The van der Waals surface area contributed by atoms with E-state index < -0.39 is 5.60 Å². The highest BCUT2D eigenvalue weighted by Gasteiger charge is 2.23. The second-order valence-electron chi connectivity index (χ2n) is 5.09. The minimum atomic E-state index is -0.542. The van der Waals surface area contributed by atoms with Crippen LogP contribution in [0, 0.1) is 6.92 Å². The predicted molar refractivity (Wildman–Crippen MR) is 73.0 cm³/mol. The summed E-state index contributed by atoms with van der Waals surface area (Å²) in [6, 6.07) is 8.58. The number of aliphatic hydroxyl groups is 1. The van der Waals surface area contributed by atoms with E-state index in [9.17, 15) is 5.11 Å². The van der Waals surface area contributed by atoms with Crippen molar-refractivity contribution in [2.24, 2.45) is 0 Å². The summed E-state index contributed by atoms with van der Waals surface area (Å²) < 4.78 is 0. The zero-order chi connectivity index (χ0) is 12.9. The molecule has 0 fully saturated rings. The number of nitrogens with zero attached hydrogens (tertiary/aromatic N) is 1. The molecule has 0 aromatic heterocycles. The standard InChI is InChI=1S/C15H25NO/c1-5-15(17,6-2)12-16(4)11-14-9-7-13(3)8-10-14/h7-10,17H,5-6,11-12H2,1-4H3. The van der Waals surface area contributed by atoms with Gasteiger partial charge >= 0.3 is 0 Å². The Morgan fingerprint density at radius 1 is 1.12 bits per heavy atom. The molecule has 0 atom stereocenters. The fourth-order valence-electron chi connectivity index (χ4n) is 2.04. The highest BCUT2D eigenvalue weighted by atomic mass is 16.3. The molecule has 0 saturated carbocycles. The first-order valence-electron chi connectivity index (χ1n) is 6.45. The minimum absolute atomic E-state index is 0.542. The summed E-state index contributed by atoms with van der Waals surface area (Å²) in [5, 5.41) is 10.3. The van der Waals surface area contributed by atoms with Gasteiger partial charge in [-0.25, -0.2) is 0 Å². The lowest BCUT2D eigenvalue weighted by Crippen LogP contribution is -2.40. The van der Waals surface area contributed by atoms with Crippen molar-refractivity contribution in [1.29, 1.82) is 0 Å². The summed E-state index contributed by atoms with van der Waals surface area (Å²) in [6.07, 6.45) is 1.61. The van der Waals surface area contributed by atoms with E-state index in [1.54, 1.807) is 0 Å². The Balaban J connectivity index is 2.54. The molecule has 0 saturated heterocycles. The largest absolute Gasteiger partial charge is 0.389 e. The van der Waals surface area contributed by atoms with Gasteiger partial charge in [-0.15, -0.1) is 0 Å². The Bertz CT molecular complexity index is 327. The lowest BCUT2D eigenvalue weighted by molar-refractivity contribution is 0.00131. The van der Waals surface area contributed by atoms with Crippen molar-refractivity contribution < 1.29 is 5.11 Å². The van der Waals surface area contributed by atoms with Gasteiger partial charge in [-0.05, 0) is 32.4 Å². The summed E-state index contributed by atoms with van der Waals surface area (Å²) in [4.78, 5) is 2.19. The van der Waals surface area contributed by atoms with Gasteiger partial charge in [0.1, 0.15) is 0 Å². The lowest BCUT2D eigenvalue weighted by atomic mass is 9.97. The smallest absolute Gasteiger partial charge is 0.0768 e. The summed E-state index contributed by atoms with van der Waals surface area (Å²) in [6.45, 7) is 7.81. The van der Waals surface area contributed by atoms with E-state index in [0.717, 1.165) is 25.9 Å². The molecule has 96 valence electrons. The molecule has 0 aliphatic heterocycles. The van der Waals surface area contributed by atoms with Gasteiger partial charge in [-0.3, -0.25) is 4.90 Å². The molecule has 17 heavy (non-hydrogen) atoms. The monoisotopic (exact) mass is 235 g/mol. The Kier molecular flexibility index (Phi) is 5.16. The quantitative estimate of drug-likeness (QED) is 0.819. The van der Waals surface area contributed by atoms with E-state index in [2.05, 4.69) is 43.1 Å². The third kappa shape index (κ3) is 4.49. The number of hydrogen-bond donors (Lipinski definition) is 1. The van der Waals surface area contributed by atoms with Gasteiger partial charge in [0, 0.05) is 13.1 Å². The zero-order valence-corrected chi connectivity index (χ0v) is 11.5. The normalized spacial score (nSPS) is 12.1. The van der Waals surface area contributed by atoms with Crippen LogP contribution in [0.2, 0.25) is 0 Å². The molecule has 0 spiro atoms. The summed E-state index contributed by atoms with van der Waals surface area (Å²) in [5.41, 5.74) is 2.04. The third-order valence-electron chi connectivity index (χ3n) is 3.45. The third-order valence-corrected chi connectivity index (χ3v) is 3.45. The predicted octanol–water partition coefficient (Wildman–Crippen LogP) is 2.98. The second kappa shape index (κ2) is 6.18. The first-order chi connectivity index (χ1) is 7.99. The maximum absolute atomic E-state index is 10.3. The minimum Gasteiger partial charge on any atom is -0.389 e. The van der Waals surface area contributed by atoms with Crippen LogP contribution in [-0.4, -0.2) is 29.2 Å². The van der Waals surface area contributed by atoms with Gasteiger partial charge in [0.05, 0.1) is 5.60 Å². The van der Waals surface area contributed by atoms with Crippen molar-refractivity contribution in [3.05, 3.63) is 35.4 Å². The van der Waals surface area contributed by atoms with E-state index in [4.69, 9.17) is 0 Å². The van der Waals surface area contributed by atoms with Crippen LogP contribution in [0.3, 0.4) is 0 Å². The zero-order valence-electron chi connectivity index (χ0n) is 11.5. The highest BCUT2D eigenvalue weighted by molar-refractivity contribution is 5.21. The van der Waals surface area contributed by atoms with Crippen LogP contribution in [-0.2, 0) is 6.54 Å². The first-order valence-corrected chi connectivity index (χ1v) is 6.45. The van der Waals surface area contributed by atoms with E-state index in [1.165, 1.54) is 11.1 Å². The summed E-state index contributed by atoms with van der Waals surface area (Å²) >= 11 is 0. The number of rotatable bonds is 6. The average Bonchev–Trinajstić information content (AvgIpc) is 2.32. The van der Waals surface area contributed by atoms with Crippen LogP contribution in [0.5, 0.6) is 0 Å². The number of benzene rings is 1. The van der Waals surface area contributed by atoms with Crippen LogP contribution >= 0.6 is 0 Å². The topological polar surface area (TPSA) is 23.5 Å². The first kappa shape index (κ1) is 14.2. The molecule has 1 aromatic carbocycles.